The Bertz CT molecular complexity index is 301. The van der Waals surface area contributed by atoms with Crippen molar-refractivity contribution in [2.24, 2.45) is 17.6 Å². The first-order valence-corrected chi connectivity index (χ1v) is 4.64. The molecule has 1 aromatic rings. The summed E-state index contributed by atoms with van der Waals surface area (Å²) in [6.45, 7) is 2.12. The molecule has 1 saturated carbocycles. The Morgan fingerprint density at radius 1 is 1.38 bits per heavy atom. The second-order valence-electron chi connectivity index (χ2n) is 3.89. The van der Waals surface area contributed by atoms with Gasteiger partial charge in [-0.2, -0.15) is 5.10 Å². The number of rotatable bonds is 1. The van der Waals surface area contributed by atoms with Crippen molar-refractivity contribution in [3.8, 4) is 0 Å². The second-order valence-corrected chi connectivity index (χ2v) is 3.89. The molecular weight excluding hydrogens is 164 g/mol. The van der Waals surface area contributed by atoms with E-state index in [0.29, 0.717) is 17.9 Å². The number of nitrogens with zero attached hydrogens (tertiary/aromatic N) is 3. The zero-order chi connectivity index (χ0) is 8.84. The number of nitrogens with two attached hydrogens (primary N) is 1. The topological polar surface area (TPSA) is 55.0 Å². The number of aromatic nitrogens is 2. The van der Waals surface area contributed by atoms with E-state index in [9.17, 15) is 0 Å². The van der Waals surface area contributed by atoms with Gasteiger partial charge in [0.25, 0.3) is 0 Å². The van der Waals surface area contributed by atoms with Crippen molar-refractivity contribution in [3.05, 3.63) is 18.3 Å². The summed E-state index contributed by atoms with van der Waals surface area (Å²) >= 11 is 0. The fourth-order valence-corrected chi connectivity index (χ4v) is 2.22. The van der Waals surface area contributed by atoms with Gasteiger partial charge in [0.05, 0.1) is 0 Å². The van der Waals surface area contributed by atoms with Gasteiger partial charge in [-0.15, -0.1) is 5.10 Å². The molecule has 4 heteroatoms. The van der Waals surface area contributed by atoms with Gasteiger partial charge in [0, 0.05) is 25.3 Å². The first-order valence-electron chi connectivity index (χ1n) is 4.64. The summed E-state index contributed by atoms with van der Waals surface area (Å²) in [5.41, 5.74) is 5.85. The molecule has 0 aromatic carbocycles. The van der Waals surface area contributed by atoms with Crippen LogP contribution < -0.4 is 10.6 Å². The predicted octanol–water partition coefficient (Wildman–Crippen LogP) is -0.130. The average molecular weight is 176 g/mol. The molecule has 0 unspecified atom stereocenters. The van der Waals surface area contributed by atoms with Crippen LogP contribution in [0.1, 0.15) is 0 Å². The Morgan fingerprint density at radius 2 is 2.15 bits per heavy atom. The average Bonchev–Trinajstić information content (AvgIpc) is 2.67. The lowest BCUT2D eigenvalue weighted by atomic mass is 10.4. The predicted molar refractivity (Wildman–Crippen MR) is 49.2 cm³/mol. The highest BCUT2D eigenvalue weighted by atomic mass is 15.3. The Morgan fingerprint density at radius 3 is 2.77 bits per heavy atom. The lowest BCUT2D eigenvalue weighted by Gasteiger charge is -2.18. The molecule has 2 N–H and O–H groups in total. The third kappa shape index (κ3) is 1.02. The van der Waals surface area contributed by atoms with Crippen molar-refractivity contribution in [1.82, 2.24) is 10.2 Å². The van der Waals surface area contributed by atoms with E-state index >= 15 is 0 Å². The zero-order valence-electron chi connectivity index (χ0n) is 7.30. The van der Waals surface area contributed by atoms with Gasteiger partial charge in [-0.3, -0.25) is 0 Å². The van der Waals surface area contributed by atoms with Crippen LogP contribution in [0.4, 0.5) is 5.82 Å². The van der Waals surface area contributed by atoms with Crippen LogP contribution in [0.3, 0.4) is 0 Å². The molecule has 1 saturated heterocycles. The molecule has 68 valence electrons. The monoisotopic (exact) mass is 176 g/mol. The number of hydrogen-bond donors (Lipinski definition) is 1. The van der Waals surface area contributed by atoms with Gasteiger partial charge in [-0.05, 0) is 24.0 Å². The summed E-state index contributed by atoms with van der Waals surface area (Å²) in [4.78, 5) is 2.27. The van der Waals surface area contributed by atoms with E-state index in [0.717, 1.165) is 18.9 Å². The highest BCUT2D eigenvalue weighted by Crippen LogP contribution is 2.44. The van der Waals surface area contributed by atoms with E-state index in [-0.39, 0.29) is 0 Å². The summed E-state index contributed by atoms with van der Waals surface area (Å²) in [7, 11) is 0. The molecule has 0 bridgehead atoms. The second kappa shape index (κ2) is 2.42. The van der Waals surface area contributed by atoms with E-state index in [1.807, 2.05) is 12.1 Å². The molecule has 0 spiro atoms. The van der Waals surface area contributed by atoms with Gasteiger partial charge in [0.1, 0.15) is 0 Å². The van der Waals surface area contributed by atoms with Gasteiger partial charge in [-0.25, -0.2) is 0 Å². The van der Waals surface area contributed by atoms with Crippen LogP contribution in [0.5, 0.6) is 0 Å². The third-order valence-electron chi connectivity index (χ3n) is 3.14. The lowest BCUT2D eigenvalue weighted by molar-refractivity contribution is 0.729. The van der Waals surface area contributed by atoms with Crippen LogP contribution >= 0.6 is 0 Å². The Labute approximate surface area is 76.8 Å². The zero-order valence-corrected chi connectivity index (χ0v) is 7.30. The smallest absolute Gasteiger partial charge is 0.151 e. The molecule has 1 aliphatic heterocycles. The fraction of sp³-hybridized carbons (Fsp3) is 0.556. The molecule has 0 radical (unpaired) electrons. The minimum atomic E-state index is 0.452. The standard InChI is InChI=1S/C9H12N4/c10-9-6-4-13(5-7(6)9)8-2-1-3-11-12-8/h1-3,6-7,9H,4-5,10H2/t6-,7-/m1/s1. The van der Waals surface area contributed by atoms with Gasteiger partial charge in [-0.1, -0.05) is 0 Å². The molecule has 2 heterocycles. The van der Waals surface area contributed by atoms with Crippen molar-refractivity contribution >= 4 is 5.82 Å². The Hall–Kier alpha value is -1.16. The van der Waals surface area contributed by atoms with Gasteiger partial charge in [0.15, 0.2) is 5.82 Å². The van der Waals surface area contributed by atoms with Crippen molar-refractivity contribution in [3.63, 3.8) is 0 Å². The Kier molecular flexibility index (Phi) is 1.35. The minimum Gasteiger partial charge on any atom is -0.354 e. The molecule has 1 aromatic heterocycles. The molecule has 0 amide bonds. The SMILES string of the molecule is NC1[C@@H]2CN(c3cccnn3)C[C@@H]12. The van der Waals surface area contributed by atoms with Crippen LogP contribution in [-0.4, -0.2) is 29.3 Å². The Balaban J connectivity index is 1.76. The maximum absolute atomic E-state index is 5.85. The number of hydrogen-bond acceptors (Lipinski definition) is 4. The van der Waals surface area contributed by atoms with E-state index in [2.05, 4.69) is 15.1 Å². The molecule has 2 aliphatic rings. The summed E-state index contributed by atoms with van der Waals surface area (Å²) in [5.74, 6) is 2.41. The van der Waals surface area contributed by atoms with E-state index < -0.39 is 0 Å². The van der Waals surface area contributed by atoms with Gasteiger partial charge in [0.2, 0.25) is 0 Å². The minimum absolute atomic E-state index is 0.452. The summed E-state index contributed by atoms with van der Waals surface area (Å²) in [6.07, 6.45) is 1.70. The maximum Gasteiger partial charge on any atom is 0.151 e. The quantitative estimate of drug-likeness (QED) is 0.647. The summed E-state index contributed by atoms with van der Waals surface area (Å²) < 4.78 is 0. The van der Waals surface area contributed by atoms with Crippen molar-refractivity contribution in [2.75, 3.05) is 18.0 Å². The molecule has 3 rings (SSSR count). The van der Waals surface area contributed by atoms with Crippen LogP contribution in [-0.2, 0) is 0 Å². The highest BCUT2D eigenvalue weighted by Gasteiger charge is 2.53. The van der Waals surface area contributed by atoms with Crippen LogP contribution in [0.25, 0.3) is 0 Å². The summed E-state index contributed by atoms with van der Waals surface area (Å²) in [6, 6.07) is 4.38. The van der Waals surface area contributed by atoms with Crippen LogP contribution in [0.2, 0.25) is 0 Å². The molecule has 4 nitrogen and oxygen atoms in total. The first kappa shape index (κ1) is 7.26. The first-order chi connectivity index (χ1) is 6.36. The van der Waals surface area contributed by atoms with E-state index in [4.69, 9.17) is 5.73 Å². The van der Waals surface area contributed by atoms with Crippen molar-refractivity contribution in [1.29, 1.82) is 0 Å². The lowest BCUT2D eigenvalue weighted by Crippen LogP contribution is -2.28. The highest BCUT2D eigenvalue weighted by molar-refractivity contribution is 5.41. The van der Waals surface area contributed by atoms with Crippen molar-refractivity contribution in [2.45, 2.75) is 6.04 Å². The van der Waals surface area contributed by atoms with E-state index in [1.54, 1.807) is 6.20 Å². The van der Waals surface area contributed by atoms with E-state index in [1.165, 1.54) is 0 Å². The molecule has 2 fully saturated rings. The van der Waals surface area contributed by atoms with Crippen LogP contribution in [0.15, 0.2) is 18.3 Å². The molecule has 2 atom stereocenters. The van der Waals surface area contributed by atoms with Crippen LogP contribution in [0, 0.1) is 11.8 Å². The van der Waals surface area contributed by atoms with Crippen molar-refractivity contribution < 1.29 is 0 Å². The third-order valence-corrected chi connectivity index (χ3v) is 3.14. The molecule has 1 aliphatic carbocycles. The number of fused-ring (bicyclic) bond motifs is 1. The number of piperidine rings is 1. The number of anilines is 1. The maximum atomic E-state index is 5.85. The normalized spacial score (nSPS) is 36.1. The van der Waals surface area contributed by atoms with Gasteiger partial charge >= 0.3 is 0 Å². The summed E-state index contributed by atoms with van der Waals surface area (Å²) in [5, 5.41) is 7.94. The molecule has 13 heavy (non-hydrogen) atoms. The fourth-order valence-electron chi connectivity index (χ4n) is 2.22. The largest absolute Gasteiger partial charge is 0.354 e. The molecular formula is C9H12N4. The van der Waals surface area contributed by atoms with Gasteiger partial charge < -0.3 is 10.6 Å².